The van der Waals surface area contributed by atoms with Crippen LogP contribution in [0.4, 0.5) is 5.82 Å². The number of nitrogens with zero attached hydrogens (tertiary/aromatic N) is 2. The van der Waals surface area contributed by atoms with Gasteiger partial charge in [-0.3, -0.25) is 9.59 Å². The molecule has 2 bridgehead atoms. The summed E-state index contributed by atoms with van der Waals surface area (Å²) in [7, 11) is 1.62. The average Bonchev–Trinajstić information content (AvgIpc) is 3.17. The van der Waals surface area contributed by atoms with Gasteiger partial charge in [-0.2, -0.15) is 0 Å². The van der Waals surface area contributed by atoms with Gasteiger partial charge in [-0.15, -0.1) is 0 Å². The Bertz CT molecular complexity index is 1280. The van der Waals surface area contributed by atoms with Gasteiger partial charge in [-0.1, -0.05) is 35.9 Å². The predicted octanol–water partition coefficient (Wildman–Crippen LogP) is 4.57. The first kappa shape index (κ1) is 24.8. The van der Waals surface area contributed by atoms with Crippen LogP contribution in [0, 0.1) is 13.8 Å². The number of rotatable bonds is 7. The molecule has 7 heteroatoms. The molecular formula is C30H34N4O3. The molecule has 2 aromatic carbocycles. The van der Waals surface area contributed by atoms with Crippen LogP contribution >= 0.6 is 0 Å². The van der Waals surface area contributed by atoms with E-state index in [1.54, 1.807) is 13.3 Å². The van der Waals surface area contributed by atoms with E-state index in [9.17, 15) is 9.59 Å². The monoisotopic (exact) mass is 498 g/mol. The number of hydrogen-bond donors (Lipinski definition) is 2. The number of pyridine rings is 1. The fourth-order valence-electron chi connectivity index (χ4n) is 5.79. The highest BCUT2D eigenvalue weighted by Crippen LogP contribution is 2.38. The Morgan fingerprint density at radius 2 is 1.76 bits per heavy atom. The zero-order valence-electron chi connectivity index (χ0n) is 21.7. The third kappa shape index (κ3) is 5.31. The quantitative estimate of drug-likeness (QED) is 0.499. The van der Waals surface area contributed by atoms with Crippen molar-refractivity contribution >= 4 is 17.6 Å². The number of fused-ring (bicyclic) bond motifs is 2. The Labute approximate surface area is 218 Å². The van der Waals surface area contributed by atoms with Crippen molar-refractivity contribution in [1.29, 1.82) is 0 Å². The van der Waals surface area contributed by atoms with Crippen molar-refractivity contribution in [1.82, 2.24) is 15.6 Å². The molecule has 2 N–H and O–H groups in total. The van der Waals surface area contributed by atoms with Crippen LogP contribution in [0.2, 0.25) is 0 Å². The van der Waals surface area contributed by atoms with Crippen LogP contribution in [0.15, 0.2) is 60.8 Å². The molecule has 5 rings (SSSR count). The lowest BCUT2D eigenvalue weighted by atomic mass is 9.96. The molecule has 37 heavy (non-hydrogen) atoms. The van der Waals surface area contributed by atoms with E-state index in [0.717, 1.165) is 48.4 Å². The van der Waals surface area contributed by atoms with Gasteiger partial charge >= 0.3 is 0 Å². The van der Waals surface area contributed by atoms with Crippen molar-refractivity contribution in [3.63, 3.8) is 0 Å². The Kier molecular flexibility index (Phi) is 7.12. The van der Waals surface area contributed by atoms with Gasteiger partial charge < -0.3 is 20.3 Å². The number of carbonyl (C=O) groups excluding carboxylic acids is 2. The van der Waals surface area contributed by atoms with Gasteiger partial charge in [0.15, 0.2) is 0 Å². The molecule has 2 fully saturated rings. The van der Waals surface area contributed by atoms with Gasteiger partial charge in [-0.25, -0.2) is 4.98 Å². The number of aryl methyl sites for hydroxylation is 1. The zero-order valence-corrected chi connectivity index (χ0v) is 21.7. The summed E-state index contributed by atoms with van der Waals surface area (Å²) in [5.74, 6) is 1.45. The van der Waals surface area contributed by atoms with E-state index in [0.29, 0.717) is 29.8 Å². The Balaban J connectivity index is 1.19. The van der Waals surface area contributed by atoms with Crippen molar-refractivity contribution in [2.75, 3.05) is 12.0 Å². The number of benzene rings is 2. The molecule has 2 saturated heterocycles. The number of aromatic nitrogens is 1. The first-order chi connectivity index (χ1) is 17.9. The summed E-state index contributed by atoms with van der Waals surface area (Å²) < 4.78 is 5.38. The number of anilines is 1. The second-order valence-corrected chi connectivity index (χ2v) is 10.1. The minimum atomic E-state index is -0.127. The van der Waals surface area contributed by atoms with Crippen LogP contribution in [0.1, 0.15) is 63.1 Å². The maximum atomic E-state index is 13.0. The molecular weight excluding hydrogens is 464 g/mol. The van der Waals surface area contributed by atoms with Gasteiger partial charge in [0.1, 0.15) is 11.6 Å². The Morgan fingerprint density at radius 1 is 1.00 bits per heavy atom. The van der Waals surface area contributed by atoms with E-state index in [2.05, 4.69) is 26.6 Å². The van der Waals surface area contributed by atoms with E-state index in [-0.39, 0.29) is 17.9 Å². The number of piperidine rings is 1. The fraction of sp³-hybridized carbons (Fsp3) is 0.367. The lowest BCUT2D eigenvalue weighted by molar-refractivity contribution is 0.0923. The van der Waals surface area contributed by atoms with Crippen LogP contribution in [0.5, 0.6) is 5.75 Å². The van der Waals surface area contributed by atoms with Crippen molar-refractivity contribution in [3.8, 4) is 5.75 Å². The zero-order chi connectivity index (χ0) is 25.9. The molecule has 2 aliphatic heterocycles. The molecule has 3 aromatic rings. The van der Waals surface area contributed by atoms with E-state index < -0.39 is 0 Å². The van der Waals surface area contributed by atoms with E-state index in [1.165, 1.54) is 5.56 Å². The Morgan fingerprint density at radius 3 is 2.43 bits per heavy atom. The van der Waals surface area contributed by atoms with Crippen molar-refractivity contribution in [2.45, 2.75) is 64.2 Å². The number of hydrogen-bond acceptors (Lipinski definition) is 5. The number of nitrogens with one attached hydrogen (secondary N) is 2. The van der Waals surface area contributed by atoms with Crippen LogP contribution in [-0.4, -0.2) is 42.0 Å². The highest BCUT2D eigenvalue weighted by molar-refractivity contribution is 5.96. The lowest BCUT2D eigenvalue weighted by Crippen LogP contribution is -2.50. The summed E-state index contributed by atoms with van der Waals surface area (Å²) in [4.78, 5) is 32.7. The molecule has 2 atom stereocenters. The normalized spacial score (nSPS) is 20.4. The summed E-state index contributed by atoms with van der Waals surface area (Å²) in [6, 6.07) is 18.3. The second-order valence-electron chi connectivity index (χ2n) is 10.1. The van der Waals surface area contributed by atoms with Crippen molar-refractivity contribution in [2.24, 2.45) is 0 Å². The molecule has 0 radical (unpaired) electrons. The third-order valence-electron chi connectivity index (χ3n) is 7.63. The Hall–Kier alpha value is -3.87. The summed E-state index contributed by atoms with van der Waals surface area (Å²) in [5.41, 5.74) is 4.32. The second kappa shape index (κ2) is 10.6. The van der Waals surface area contributed by atoms with Gasteiger partial charge in [0.2, 0.25) is 0 Å². The smallest absolute Gasteiger partial charge is 0.253 e. The van der Waals surface area contributed by atoms with E-state index in [4.69, 9.17) is 4.74 Å². The summed E-state index contributed by atoms with van der Waals surface area (Å²) in [5, 5.41) is 6.24. The van der Waals surface area contributed by atoms with Gasteiger partial charge in [-0.05, 0) is 69.4 Å². The molecule has 2 unspecified atom stereocenters. The fourth-order valence-corrected chi connectivity index (χ4v) is 5.79. The lowest BCUT2D eigenvalue weighted by Gasteiger charge is -2.40. The maximum absolute atomic E-state index is 13.0. The number of ether oxygens (including phenoxy) is 1. The van der Waals surface area contributed by atoms with E-state index >= 15 is 0 Å². The van der Waals surface area contributed by atoms with Gasteiger partial charge in [0, 0.05) is 42.0 Å². The van der Waals surface area contributed by atoms with Crippen LogP contribution in [0.25, 0.3) is 0 Å². The number of carbonyl (C=O) groups is 2. The summed E-state index contributed by atoms with van der Waals surface area (Å²) >= 11 is 0. The van der Waals surface area contributed by atoms with Gasteiger partial charge in [0.05, 0.1) is 12.7 Å². The predicted molar refractivity (Wildman–Crippen MR) is 144 cm³/mol. The molecule has 0 saturated carbocycles. The molecule has 1 aromatic heterocycles. The van der Waals surface area contributed by atoms with E-state index in [1.807, 2.05) is 62.4 Å². The van der Waals surface area contributed by atoms with Crippen molar-refractivity contribution < 1.29 is 14.3 Å². The largest absolute Gasteiger partial charge is 0.496 e. The topological polar surface area (TPSA) is 83.6 Å². The molecule has 2 aliphatic rings. The molecule has 2 amide bonds. The SMILES string of the molecule is COc1cccc(C(=O)NC2CC3CCC(C2)N3c2ccc(C(=O)NCc3cccc(C)c3)cn2)c1C. The molecule has 3 heterocycles. The van der Waals surface area contributed by atoms with Crippen molar-refractivity contribution in [3.05, 3.63) is 88.6 Å². The first-order valence-corrected chi connectivity index (χ1v) is 13.0. The molecule has 192 valence electrons. The van der Waals surface area contributed by atoms with Crippen LogP contribution in [0.3, 0.4) is 0 Å². The molecule has 0 aliphatic carbocycles. The highest BCUT2D eigenvalue weighted by Gasteiger charge is 2.42. The van der Waals surface area contributed by atoms with Crippen LogP contribution in [-0.2, 0) is 6.54 Å². The minimum Gasteiger partial charge on any atom is -0.496 e. The standard InChI is InChI=1S/C30H34N4O3/c1-19-6-4-7-21(14-19)17-32-29(35)22-10-13-28(31-18-22)34-24-11-12-25(34)16-23(15-24)33-30(36)26-8-5-9-27(37-3)20(26)2/h4-10,13-14,18,23-25H,11-12,15-17H2,1-3H3,(H,32,35)(H,33,36). The summed E-state index contributed by atoms with van der Waals surface area (Å²) in [6.07, 6.45) is 5.59. The average molecular weight is 499 g/mol. The molecule has 0 spiro atoms. The summed E-state index contributed by atoms with van der Waals surface area (Å²) in [6.45, 7) is 4.44. The van der Waals surface area contributed by atoms with Crippen LogP contribution < -0.4 is 20.3 Å². The highest BCUT2D eigenvalue weighted by atomic mass is 16.5. The third-order valence-corrected chi connectivity index (χ3v) is 7.63. The minimum absolute atomic E-state index is 0.0478. The maximum Gasteiger partial charge on any atom is 0.253 e. The number of methoxy groups -OCH3 is 1. The number of amides is 2. The first-order valence-electron chi connectivity index (χ1n) is 13.0. The van der Waals surface area contributed by atoms with Gasteiger partial charge in [0.25, 0.3) is 11.8 Å². The molecule has 7 nitrogen and oxygen atoms in total.